The van der Waals surface area contributed by atoms with E-state index >= 15 is 0 Å². The van der Waals surface area contributed by atoms with Crippen LogP contribution in [0, 0.1) is 0 Å². The molecule has 1 amide bonds. The zero-order chi connectivity index (χ0) is 13.9. The van der Waals surface area contributed by atoms with E-state index in [9.17, 15) is 4.79 Å². The van der Waals surface area contributed by atoms with Crippen molar-refractivity contribution in [3.8, 4) is 5.75 Å². The number of nitrogens with two attached hydrogens (primary N) is 1. The van der Waals surface area contributed by atoms with Crippen LogP contribution in [-0.4, -0.2) is 6.09 Å². The van der Waals surface area contributed by atoms with Crippen LogP contribution in [0.4, 0.5) is 4.79 Å². The molecule has 19 heavy (non-hydrogen) atoms. The molecule has 2 N–H and O–H groups in total. The van der Waals surface area contributed by atoms with Gasteiger partial charge in [-0.05, 0) is 23.3 Å². The summed E-state index contributed by atoms with van der Waals surface area (Å²) < 4.78 is 4.83. The van der Waals surface area contributed by atoms with Gasteiger partial charge in [-0.3, -0.25) is 0 Å². The van der Waals surface area contributed by atoms with Crippen LogP contribution in [-0.2, 0) is 5.41 Å². The van der Waals surface area contributed by atoms with E-state index in [1.165, 1.54) is 5.56 Å². The molecule has 0 spiro atoms. The molecular formula is C16H17NO2. The van der Waals surface area contributed by atoms with Gasteiger partial charge in [0.05, 0.1) is 0 Å². The van der Waals surface area contributed by atoms with Gasteiger partial charge in [0.25, 0.3) is 0 Å². The SMILES string of the molecule is CC(C)(c1ccccc1)c1ccc(OC(N)=O)cc1. The van der Waals surface area contributed by atoms with Crippen molar-refractivity contribution >= 4 is 6.09 Å². The second-order valence-corrected chi connectivity index (χ2v) is 4.94. The largest absolute Gasteiger partial charge is 0.411 e. The van der Waals surface area contributed by atoms with Gasteiger partial charge in [-0.15, -0.1) is 0 Å². The molecule has 0 unspecified atom stereocenters. The Morgan fingerprint density at radius 3 is 2.00 bits per heavy atom. The first-order chi connectivity index (χ1) is 9.00. The molecule has 0 fully saturated rings. The molecule has 3 heteroatoms. The number of hydrogen-bond acceptors (Lipinski definition) is 2. The van der Waals surface area contributed by atoms with Gasteiger partial charge in [-0.2, -0.15) is 0 Å². The number of benzene rings is 2. The van der Waals surface area contributed by atoms with Crippen LogP contribution in [0.5, 0.6) is 5.75 Å². The maximum Gasteiger partial charge on any atom is 0.409 e. The van der Waals surface area contributed by atoms with Crippen molar-refractivity contribution in [3.63, 3.8) is 0 Å². The van der Waals surface area contributed by atoms with Crippen LogP contribution in [0.15, 0.2) is 54.6 Å². The van der Waals surface area contributed by atoms with Gasteiger partial charge in [0, 0.05) is 5.41 Å². The Bertz CT molecular complexity index is 559. The van der Waals surface area contributed by atoms with E-state index < -0.39 is 6.09 Å². The van der Waals surface area contributed by atoms with Crippen LogP contribution in [0.2, 0.25) is 0 Å². The normalized spacial score (nSPS) is 11.1. The lowest BCUT2D eigenvalue weighted by Gasteiger charge is -2.26. The number of carbonyl (C=O) groups is 1. The van der Waals surface area contributed by atoms with Crippen LogP contribution >= 0.6 is 0 Å². The molecule has 3 nitrogen and oxygen atoms in total. The summed E-state index contributed by atoms with van der Waals surface area (Å²) in [5.41, 5.74) is 7.26. The van der Waals surface area contributed by atoms with E-state index in [-0.39, 0.29) is 5.41 Å². The number of hydrogen-bond donors (Lipinski definition) is 1. The standard InChI is InChI=1S/C16H17NO2/c1-16(2,12-6-4-3-5-7-12)13-8-10-14(11-9-13)19-15(17)18/h3-11H,1-2H3,(H2,17,18). The highest BCUT2D eigenvalue weighted by Crippen LogP contribution is 2.32. The second kappa shape index (κ2) is 5.14. The molecule has 0 saturated heterocycles. The first kappa shape index (κ1) is 13.1. The highest BCUT2D eigenvalue weighted by molar-refractivity contribution is 5.68. The predicted octanol–water partition coefficient (Wildman–Crippen LogP) is 3.47. The summed E-state index contributed by atoms with van der Waals surface area (Å²) in [5, 5.41) is 0. The van der Waals surface area contributed by atoms with Crippen molar-refractivity contribution in [1.29, 1.82) is 0 Å². The van der Waals surface area contributed by atoms with E-state index in [4.69, 9.17) is 10.5 Å². The third kappa shape index (κ3) is 2.94. The summed E-state index contributed by atoms with van der Waals surface area (Å²) in [4.78, 5) is 10.7. The topological polar surface area (TPSA) is 52.3 Å². The lowest BCUT2D eigenvalue weighted by atomic mass is 9.78. The first-order valence-electron chi connectivity index (χ1n) is 6.13. The highest BCUT2D eigenvalue weighted by atomic mass is 16.5. The summed E-state index contributed by atoms with van der Waals surface area (Å²) in [5.74, 6) is 0.458. The zero-order valence-corrected chi connectivity index (χ0v) is 11.1. The van der Waals surface area contributed by atoms with Crippen LogP contribution in [0.3, 0.4) is 0 Å². The average molecular weight is 255 g/mol. The van der Waals surface area contributed by atoms with E-state index in [1.54, 1.807) is 12.1 Å². The van der Waals surface area contributed by atoms with Gasteiger partial charge in [0.1, 0.15) is 5.75 Å². The summed E-state index contributed by atoms with van der Waals surface area (Å²) in [7, 11) is 0. The molecule has 0 bridgehead atoms. The predicted molar refractivity (Wildman–Crippen MR) is 75.2 cm³/mol. The molecule has 0 radical (unpaired) electrons. The number of rotatable bonds is 3. The number of amides is 1. The molecule has 2 rings (SSSR count). The minimum absolute atomic E-state index is 0.105. The van der Waals surface area contributed by atoms with Crippen molar-refractivity contribution < 1.29 is 9.53 Å². The minimum atomic E-state index is -0.796. The summed E-state index contributed by atoms with van der Waals surface area (Å²) in [6.07, 6.45) is -0.796. The van der Waals surface area contributed by atoms with Gasteiger partial charge < -0.3 is 10.5 Å². The van der Waals surface area contributed by atoms with E-state index in [0.717, 1.165) is 5.56 Å². The quantitative estimate of drug-likeness (QED) is 0.913. The third-order valence-corrected chi connectivity index (χ3v) is 3.29. The van der Waals surface area contributed by atoms with Crippen LogP contribution < -0.4 is 10.5 Å². The Morgan fingerprint density at radius 1 is 0.947 bits per heavy atom. The molecule has 0 aliphatic carbocycles. The van der Waals surface area contributed by atoms with E-state index in [1.807, 2.05) is 30.3 Å². The van der Waals surface area contributed by atoms with Gasteiger partial charge in [-0.25, -0.2) is 4.79 Å². The van der Waals surface area contributed by atoms with Crippen molar-refractivity contribution in [1.82, 2.24) is 0 Å². The van der Waals surface area contributed by atoms with Gasteiger partial charge in [0.15, 0.2) is 0 Å². The minimum Gasteiger partial charge on any atom is -0.411 e. The Balaban J connectivity index is 2.29. The van der Waals surface area contributed by atoms with Gasteiger partial charge in [0.2, 0.25) is 0 Å². The van der Waals surface area contributed by atoms with Crippen molar-refractivity contribution in [2.24, 2.45) is 5.73 Å². The van der Waals surface area contributed by atoms with E-state index in [0.29, 0.717) is 5.75 Å². The lowest BCUT2D eigenvalue weighted by molar-refractivity contribution is 0.211. The van der Waals surface area contributed by atoms with Crippen LogP contribution in [0.25, 0.3) is 0 Å². The fourth-order valence-electron chi connectivity index (χ4n) is 2.08. The van der Waals surface area contributed by atoms with Crippen molar-refractivity contribution in [2.75, 3.05) is 0 Å². The van der Waals surface area contributed by atoms with Crippen molar-refractivity contribution in [3.05, 3.63) is 65.7 Å². The van der Waals surface area contributed by atoms with Gasteiger partial charge in [-0.1, -0.05) is 56.3 Å². The number of carbonyl (C=O) groups excluding carboxylic acids is 1. The smallest absolute Gasteiger partial charge is 0.409 e. The molecular weight excluding hydrogens is 238 g/mol. The maximum absolute atomic E-state index is 10.7. The Morgan fingerprint density at radius 2 is 1.47 bits per heavy atom. The number of primary amides is 1. The molecule has 0 aliphatic heterocycles. The molecule has 0 aromatic heterocycles. The third-order valence-electron chi connectivity index (χ3n) is 3.29. The summed E-state index contributed by atoms with van der Waals surface area (Å²) in [6.45, 7) is 4.32. The average Bonchev–Trinajstić information content (AvgIpc) is 2.40. The monoisotopic (exact) mass is 255 g/mol. The Hall–Kier alpha value is -2.29. The molecule has 0 heterocycles. The maximum atomic E-state index is 10.7. The lowest BCUT2D eigenvalue weighted by Crippen LogP contribution is -2.19. The number of ether oxygens (including phenoxy) is 1. The van der Waals surface area contributed by atoms with E-state index in [2.05, 4.69) is 26.0 Å². The Labute approximate surface area is 113 Å². The Kier molecular flexibility index (Phi) is 3.56. The van der Waals surface area contributed by atoms with Crippen molar-refractivity contribution in [2.45, 2.75) is 19.3 Å². The molecule has 0 saturated carbocycles. The molecule has 2 aromatic rings. The molecule has 0 atom stereocenters. The molecule has 98 valence electrons. The van der Waals surface area contributed by atoms with Crippen LogP contribution in [0.1, 0.15) is 25.0 Å². The first-order valence-corrected chi connectivity index (χ1v) is 6.13. The van der Waals surface area contributed by atoms with Gasteiger partial charge >= 0.3 is 6.09 Å². The fraction of sp³-hybridized carbons (Fsp3) is 0.188. The zero-order valence-electron chi connectivity index (χ0n) is 11.1. The fourth-order valence-corrected chi connectivity index (χ4v) is 2.08. The summed E-state index contributed by atoms with van der Waals surface area (Å²) in [6, 6.07) is 17.7. The molecule has 2 aromatic carbocycles. The second-order valence-electron chi connectivity index (χ2n) is 4.94. The summed E-state index contributed by atoms with van der Waals surface area (Å²) >= 11 is 0. The molecule has 0 aliphatic rings. The highest BCUT2D eigenvalue weighted by Gasteiger charge is 2.22.